The van der Waals surface area contributed by atoms with E-state index in [1.165, 1.54) is 6.33 Å². The fourth-order valence-electron chi connectivity index (χ4n) is 3.99. The second-order valence-corrected chi connectivity index (χ2v) is 10.9. The predicted molar refractivity (Wildman–Crippen MR) is 146 cm³/mol. The zero-order chi connectivity index (χ0) is 26.7. The van der Waals surface area contributed by atoms with E-state index in [2.05, 4.69) is 34.5 Å². The molecule has 12 heteroatoms. The Morgan fingerprint density at radius 3 is 2.68 bits per heavy atom. The third-order valence-electron chi connectivity index (χ3n) is 5.76. The fourth-order valence-corrected chi connectivity index (χ4v) is 4.92. The van der Waals surface area contributed by atoms with Crippen LogP contribution in [0.15, 0.2) is 53.9 Å². The molecule has 1 fully saturated rings. The van der Waals surface area contributed by atoms with Crippen LogP contribution in [0.25, 0.3) is 22.3 Å². The van der Waals surface area contributed by atoms with Crippen molar-refractivity contribution < 1.29 is 14.3 Å². The standard InChI is InChI=1S/C26H30N8O3S/c1-26(2,3)37-25(35)33-9-11-34(12-10-33)38-18-7-8-28-22(14-18)32-24-30-19-6-5-17(13-20(19)31-24)23-21(36-4)15-27-16-29-23/h5-8,13-16H,9-12H2,1-4H3,(H2,28,30,31,32). The Balaban J connectivity index is 1.22. The van der Waals surface area contributed by atoms with Gasteiger partial charge in [0.1, 0.15) is 23.4 Å². The minimum atomic E-state index is -0.490. The van der Waals surface area contributed by atoms with Crippen molar-refractivity contribution in [3.05, 3.63) is 49.1 Å². The molecular weight excluding hydrogens is 504 g/mol. The van der Waals surface area contributed by atoms with Gasteiger partial charge < -0.3 is 24.7 Å². The van der Waals surface area contributed by atoms with Crippen molar-refractivity contribution in [1.29, 1.82) is 0 Å². The highest BCUT2D eigenvalue weighted by Crippen LogP contribution is 2.30. The summed E-state index contributed by atoms with van der Waals surface area (Å²) in [7, 11) is 1.60. The maximum absolute atomic E-state index is 12.3. The van der Waals surface area contributed by atoms with Crippen LogP contribution in [-0.4, -0.2) is 79.1 Å². The summed E-state index contributed by atoms with van der Waals surface area (Å²) in [5.41, 5.74) is 2.80. The SMILES string of the molecule is COc1cncnc1-c1ccc2nc(Nc3cc(SN4CCN(C(=O)OC(C)(C)C)CC4)ccn3)[nH]c2c1. The number of hydrogen-bond donors (Lipinski definition) is 2. The van der Waals surface area contributed by atoms with E-state index < -0.39 is 5.60 Å². The molecule has 0 atom stereocenters. The molecule has 4 heterocycles. The molecule has 2 N–H and O–H groups in total. The van der Waals surface area contributed by atoms with Crippen LogP contribution in [0.1, 0.15) is 20.8 Å². The number of piperazine rings is 1. The fraction of sp³-hybridized carbons (Fsp3) is 0.346. The Morgan fingerprint density at radius 2 is 1.92 bits per heavy atom. The molecule has 4 aromatic rings. The third-order valence-corrected chi connectivity index (χ3v) is 6.84. The molecule has 1 aromatic carbocycles. The Labute approximate surface area is 225 Å². The van der Waals surface area contributed by atoms with Crippen LogP contribution in [0, 0.1) is 0 Å². The number of aromatic nitrogens is 5. The lowest BCUT2D eigenvalue weighted by molar-refractivity contribution is 0.0197. The summed E-state index contributed by atoms with van der Waals surface area (Å²) in [5, 5.41) is 3.27. The van der Waals surface area contributed by atoms with Gasteiger partial charge in [-0.1, -0.05) is 6.07 Å². The molecule has 11 nitrogen and oxygen atoms in total. The number of nitrogens with one attached hydrogen (secondary N) is 2. The van der Waals surface area contributed by atoms with Gasteiger partial charge in [-0.25, -0.2) is 29.0 Å². The van der Waals surface area contributed by atoms with Gasteiger partial charge >= 0.3 is 6.09 Å². The summed E-state index contributed by atoms with van der Waals surface area (Å²) in [6.07, 6.45) is 4.65. The van der Waals surface area contributed by atoms with E-state index in [4.69, 9.17) is 9.47 Å². The van der Waals surface area contributed by atoms with Gasteiger partial charge in [-0.2, -0.15) is 0 Å². The summed E-state index contributed by atoms with van der Waals surface area (Å²) >= 11 is 1.64. The number of nitrogens with zero attached hydrogens (tertiary/aromatic N) is 6. The average Bonchev–Trinajstić information content (AvgIpc) is 3.29. The Morgan fingerprint density at radius 1 is 1.11 bits per heavy atom. The van der Waals surface area contributed by atoms with Crippen LogP contribution >= 0.6 is 11.9 Å². The van der Waals surface area contributed by atoms with E-state index in [1.54, 1.807) is 36.4 Å². The smallest absolute Gasteiger partial charge is 0.410 e. The molecule has 1 amide bonds. The zero-order valence-electron chi connectivity index (χ0n) is 21.8. The number of methoxy groups -OCH3 is 1. The van der Waals surface area contributed by atoms with E-state index in [9.17, 15) is 4.79 Å². The van der Waals surface area contributed by atoms with Crippen molar-refractivity contribution >= 4 is 40.8 Å². The predicted octanol–water partition coefficient (Wildman–Crippen LogP) is 4.73. The first-order valence-electron chi connectivity index (χ1n) is 12.3. The molecule has 0 saturated carbocycles. The van der Waals surface area contributed by atoms with Crippen molar-refractivity contribution in [2.24, 2.45) is 0 Å². The second kappa shape index (κ2) is 10.8. The molecule has 38 heavy (non-hydrogen) atoms. The van der Waals surface area contributed by atoms with Crippen molar-refractivity contribution in [1.82, 2.24) is 34.1 Å². The number of rotatable bonds is 6. The first kappa shape index (κ1) is 25.7. The van der Waals surface area contributed by atoms with Gasteiger partial charge in [-0.05, 0) is 57.0 Å². The topological polar surface area (TPSA) is 121 Å². The van der Waals surface area contributed by atoms with Crippen LogP contribution in [0.3, 0.4) is 0 Å². The van der Waals surface area contributed by atoms with Gasteiger partial charge in [0, 0.05) is 42.8 Å². The number of ether oxygens (including phenoxy) is 2. The number of imidazole rings is 1. The van der Waals surface area contributed by atoms with Crippen molar-refractivity contribution in [3.8, 4) is 17.0 Å². The maximum atomic E-state index is 12.3. The minimum absolute atomic E-state index is 0.258. The van der Waals surface area contributed by atoms with E-state index in [0.29, 0.717) is 36.3 Å². The summed E-state index contributed by atoms with van der Waals surface area (Å²) < 4.78 is 13.1. The molecule has 1 aliphatic rings. The molecule has 0 unspecified atom stereocenters. The van der Waals surface area contributed by atoms with Gasteiger partial charge in [0.2, 0.25) is 5.95 Å². The quantitative estimate of drug-likeness (QED) is 0.336. The van der Waals surface area contributed by atoms with Crippen molar-refractivity contribution in [2.75, 3.05) is 38.6 Å². The molecule has 0 bridgehead atoms. The number of anilines is 2. The molecule has 1 saturated heterocycles. The Bertz CT molecular complexity index is 1430. The number of hydrogen-bond acceptors (Lipinski definition) is 10. The number of carbonyl (C=O) groups is 1. The minimum Gasteiger partial charge on any atom is -0.493 e. The summed E-state index contributed by atoms with van der Waals surface area (Å²) in [4.78, 5) is 35.9. The molecule has 5 rings (SSSR count). The summed E-state index contributed by atoms with van der Waals surface area (Å²) in [6, 6.07) is 9.82. The highest BCUT2D eigenvalue weighted by Gasteiger charge is 2.26. The number of pyridine rings is 1. The van der Waals surface area contributed by atoms with Crippen LogP contribution in [0.2, 0.25) is 0 Å². The first-order valence-corrected chi connectivity index (χ1v) is 13.0. The van der Waals surface area contributed by atoms with E-state index in [1.807, 2.05) is 51.1 Å². The highest BCUT2D eigenvalue weighted by molar-refractivity contribution is 7.97. The van der Waals surface area contributed by atoms with E-state index in [-0.39, 0.29) is 6.09 Å². The Kier molecular flexibility index (Phi) is 7.34. The van der Waals surface area contributed by atoms with Gasteiger partial charge in [-0.3, -0.25) is 0 Å². The van der Waals surface area contributed by atoms with Gasteiger partial charge in [0.05, 0.1) is 24.3 Å². The molecular formula is C26H30N8O3S. The Hall–Kier alpha value is -3.90. The largest absolute Gasteiger partial charge is 0.493 e. The first-order chi connectivity index (χ1) is 18.3. The normalized spacial score (nSPS) is 14.5. The summed E-state index contributed by atoms with van der Waals surface area (Å²) in [6.45, 7) is 8.39. The zero-order valence-corrected chi connectivity index (χ0v) is 22.6. The number of benzene rings is 1. The maximum Gasteiger partial charge on any atom is 0.410 e. The van der Waals surface area contributed by atoms with Crippen molar-refractivity contribution in [2.45, 2.75) is 31.3 Å². The number of H-pyrrole nitrogens is 1. The molecule has 0 spiro atoms. The van der Waals surface area contributed by atoms with Gasteiger partial charge in [-0.15, -0.1) is 0 Å². The molecule has 0 radical (unpaired) electrons. The van der Waals surface area contributed by atoms with Crippen LogP contribution in [0.5, 0.6) is 5.75 Å². The van der Waals surface area contributed by atoms with Crippen LogP contribution < -0.4 is 10.1 Å². The summed E-state index contributed by atoms with van der Waals surface area (Å²) in [5.74, 6) is 1.88. The van der Waals surface area contributed by atoms with Gasteiger partial charge in [0.25, 0.3) is 0 Å². The van der Waals surface area contributed by atoms with Crippen LogP contribution in [-0.2, 0) is 4.74 Å². The van der Waals surface area contributed by atoms with E-state index >= 15 is 0 Å². The lowest BCUT2D eigenvalue weighted by Crippen LogP contribution is -2.47. The number of fused-ring (bicyclic) bond motifs is 1. The number of carbonyl (C=O) groups excluding carboxylic acids is 1. The highest BCUT2D eigenvalue weighted by atomic mass is 32.2. The second-order valence-electron chi connectivity index (χ2n) is 9.75. The van der Waals surface area contributed by atoms with E-state index in [0.717, 1.165) is 34.6 Å². The molecule has 3 aromatic heterocycles. The van der Waals surface area contributed by atoms with Crippen molar-refractivity contribution in [3.63, 3.8) is 0 Å². The van der Waals surface area contributed by atoms with Gasteiger partial charge in [0.15, 0.2) is 5.75 Å². The lowest BCUT2D eigenvalue weighted by Gasteiger charge is -2.34. The van der Waals surface area contributed by atoms with Crippen LogP contribution in [0.4, 0.5) is 16.6 Å². The number of aromatic amines is 1. The average molecular weight is 535 g/mol. The molecule has 1 aliphatic heterocycles. The monoisotopic (exact) mass is 534 g/mol. The lowest BCUT2D eigenvalue weighted by atomic mass is 10.1. The number of amides is 1. The molecule has 198 valence electrons. The third kappa shape index (κ3) is 6.14. The molecule has 0 aliphatic carbocycles.